The van der Waals surface area contributed by atoms with Gasteiger partial charge in [-0.15, -0.1) is 0 Å². The monoisotopic (exact) mass is 336 g/mol. The number of hydrogen-bond donors (Lipinski definition) is 0. The largest absolute Gasteiger partial charge is 0.464 e. The van der Waals surface area contributed by atoms with Crippen molar-refractivity contribution in [2.45, 2.75) is 26.9 Å². The minimum Gasteiger partial charge on any atom is -0.464 e. The smallest absolute Gasteiger partial charge is 0.358 e. The first-order valence-electron chi connectivity index (χ1n) is 8.64. The molecule has 0 bridgehead atoms. The zero-order valence-corrected chi connectivity index (χ0v) is 15.0. The summed E-state index contributed by atoms with van der Waals surface area (Å²) in [4.78, 5) is 16.6. The van der Waals surface area contributed by atoms with Crippen LogP contribution in [0.5, 0.6) is 0 Å². The molecule has 3 heterocycles. The molecule has 1 fully saturated rings. The van der Waals surface area contributed by atoms with Crippen molar-refractivity contribution in [3.05, 3.63) is 17.5 Å². The van der Waals surface area contributed by atoms with Crippen molar-refractivity contribution < 1.29 is 14.3 Å². The molecule has 0 amide bonds. The summed E-state index contributed by atoms with van der Waals surface area (Å²) >= 11 is 0. The maximum absolute atomic E-state index is 11.6. The third kappa shape index (κ3) is 4.15. The third-order valence-corrected chi connectivity index (χ3v) is 4.68. The first-order valence-corrected chi connectivity index (χ1v) is 8.64. The zero-order valence-electron chi connectivity index (χ0n) is 15.0. The van der Waals surface area contributed by atoms with Crippen LogP contribution in [0.2, 0.25) is 0 Å². The molecule has 0 spiro atoms. The van der Waals surface area contributed by atoms with Crippen LogP contribution in [-0.4, -0.2) is 78.6 Å². The van der Waals surface area contributed by atoms with Crippen LogP contribution in [0.15, 0.2) is 6.07 Å². The van der Waals surface area contributed by atoms with Crippen LogP contribution in [0.25, 0.3) is 0 Å². The van der Waals surface area contributed by atoms with Gasteiger partial charge in [-0.2, -0.15) is 5.10 Å². The molecule has 7 nitrogen and oxygen atoms in total. The summed E-state index contributed by atoms with van der Waals surface area (Å²) in [5.74, 6) is -0.365. The zero-order chi connectivity index (χ0) is 17.2. The molecule has 1 saturated heterocycles. The highest BCUT2D eigenvalue weighted by molar-refractivity contribution is 5.87. The van der Waals surface area contributed by atoms with Crippen LogP contribution in [0.3, 0.4) is 0 Å². The van der Waals surface area contributed by atoms with Gasteiger partial charge in [-0.3, -0.25) is 14.5 Å². The van der Waals surface area contributed by atoms with Gasteiger partial charge in [-0.05, 0) is 11.5 Å². The van der Waals surface area contributed by atoms with Gasteiger partial charge in [-0.25, -0.2) is 4.79 Å². The van der Waals surface area contributed by atoms with Gasteiger partial charge in [0.05, 0.1) is 32.6 Å². The fourth-order valence-corrected chi connectivity index (χ4v) is 3.68. The van der Waals surface area contributed by atoms with E-state index in [0.29, 0.717) is 5.69 Å². The van der Waals surface area contributed by atoms with E-state index < -0.39 is 0 Å². The van der Waals surface area contributed by atoms with Gasteiger partial charge >= 0.3 is 5.97 Å². The summed E-state index contributed by atoms with van der Waals surface area (Å²) in [6, 6.07) is 1.85. The molecule has 0 radical (unpaired) electrons. The second-order valence-electron chi connectivity index (χ2n) is 7.50. The fraction of sp³-hybridized carbons (Fsp3) is 0.765. The molecule has 1 aromatic heterocycles. The average Bonchev–Trinajstić information content (AvgIpc) is 2.97. The first kappa shape index (κ1) is 17.4. The number of nitrogens with zero attached hydrogens (tertiary/aromatic N) is 4. The van der Waals surface area contributed by atoms with Crippen molar-refractivity contribution in [3.63, 3.8) is 0 Å². The summed E-state index contributed by atoms with van der Waals surface area (Å²) in [5.41, 5.74) is 1.70. The van der Waals surface area contributed by atoms with E-state index in [0.717, 1.165) is 64.7 Å². The molecule has 0 saturated carbocycles. The molecule has 7 heteroatoms. The predicted octanol–water partition coefficient (Wildman–Crippen LogP) is 0.844. The van der Waals surface area contributed by atoms with Crippen molar-refractivity contribution in [1.82, 2.24) is 19.6 Å². The molecule has 134 valence electrons. The van der Waals surface area contributed by atoms with Gasteiger partial charge in [0.15, 0.2) is 5.69 Å². The van der Waals surface area contributed by atoms with Crippen molar-refractivity contribution in [1.29, 1.82) is 0 Å². The minimum atomic E-state index is -0.365. The van der Waals surface area contributed by atoms with Gasteiger partial charge in [-0.1, -0.05) is 13.8 Å². The second kappa shape index (κ2) is 7.21. The third-order valence-electron chi connectivity index (χ3n) is 4.68. The van der Waals surface area contributed by atoms with E-state index in [1.54, 1.807) is 0 Å². The second-order valence-corrected chi connectivity index (χ2v) is 7.50. The number of hydrogen-bond acceptors (Lipinski definition) is 6. The van der Waals surface area contributed by atoms with Crippen molar-refractivity contribution in [2.24, 2.45) is 5.41 Å². The van der Waals surface area contributed by atoms with Crippen LogP contribution in [0.1, 0.15) is 30.0 Å². The standard InChI is InChI=1S/C17H28N4O3/c1-17(2,12-19-6-8-24-9-7-19)13-20-4-5-21-14(11-20)10-15(18-21)16(22)23-3/h10H,4-9,11-13H2,1-3H3. The van der Waals surface area contributed by atoms with E-state index >= 15 is 0 Å². The number of carbonyl (C=O) groups excluding carboxylic acids is 1. The Morgan fingerprint density at radius 1 is 1.21 bits per heavy atom. The van der Waals surface area contributed by atoms with Crippen LogP contribution < -0.4 is 0 Å². The van der Waals surface area contributed by atoms with Crippen molar-refractivity contribution in [3.8, 4) is 0 Å². The predicted molar refractivity (Wildman–Crippen MR) is 89.9 cm³/mol. The lowest BCUT2D eigenvalue weighted by atomic mass is 9.91. The number of aromatic nitrogens is 2. The Morgan fingerprint density at radius 2 is 1.92 bits per heavy atom. The van der Waals surface area contributed by atoms with Gasteiger partial charge in [0.1, 0.15) is 0 Å². The summed E-state index contributed by atoms with van der Waals surface area (Å²) < 4.78 is 12.1. The lowest BCUT2D eigenvalue weighted by Gasteiger charge is -2.39. The topological polar surface area (TPSA) is 59.8 Å². The molecule has 0 atom stereocenters. The molecule has 2 aliphatic heterocycles. The first-order chi connectivity index (χ1) is 11.5. The van der Waals surface area contributed by atoms with Crippen LogP contribution in [0, 0.1) is 5.41 Å². The highest BCUT2D eigenvalue weighted by Gasteiger charge is 2.28. The SMILES string of the molecule is COC(=O)c1cc2n(n1)CCN(CC(C)(C)CN1CCOCC1)C2. The Bertz CT molecular complexity index is 578. The molecule has 3 rings (SSSR count). The average molecular weight is 336 g/mol. The number of carbonyl (C=O) groups is 1. The highest BCUT2D eigenvalue weighted by atomic mass is 16.5. The number of rotatable bonds is 5. The van der Waals surface area contributed by atoms with Crippen molar-refractivity contribution >= 4 is 5.97 Å². The van der Waals surface area contributed by atoms with Gasteiger partial charge in [0.25, 0.3) is 0 Å². The molecule has 2 aliphatic rings. The molecular formula is C17H28N4O3. The summed E-state index contributed by atoms with van der Waals surface area (Å²) in [7, 11) is 1.39. The van der Waals surface area contributed by atoms with Crippen molar-refractivity contribution in [2.75, 3.05) is 53.0 Å². The number of methoxy groups -OCH3 is 1. The molecule has 0 aromatic carbocycles. The van der Waals surface area contributed by atoms with E-state index in [9.17, 15) is 4.79 Å². The van der Waals surface area contributed by atoms with Crippen LogP contribution in [0.4, 0.5) is 0 Å². The van der Waals surface area contributed by atoms with Crippen LogP contribution in [-0.2, 0) is 22.6 Å². The minimum absolute atomic E-state index is 0.213. The lowest BCUT2D eigenvalue weighted by molar-refractivity contribution is 0.0131. The Labute approximate surface area is 143 Å². The van der Waals surface area contributed by atoms with Gasteiger partial charge in [0, 0.05) is 39.3 Å². The molecule has 0 aliphatic carbocycles. The van der Waals surface area contributed by atoms with E-state index in [4.69, 9.17) is 9.47 Å². The highest BCUT2D eigenvalue weighted by Crippen LogP contribution is 2.23. The van der Waals surface area contributed by atoms with E-state index in [1.165, 1.54) is 7.11 Å². The fourth-order valence-electron chi connectivity index (χ4n) is 3.68. The lowest BCUT2D eigenvalue weighted by Crippen LogP contribution is -2.47. The van der Waals surface area contributed by atoms with Gasteiger partial charge in [0.2, 0.25) is 0 Å². The van der Waals surface area contributed by atoms with E-state index in [1.807, 2.05) is 10.7 Å². The molecule has 1 aromatic rings. The number of ether oxygens (including phenoxy) is 2. The maximum atomic E-state index is 11.6. The number of fused-ring (bicyclic) bond motifs is 1. The molecule has 0 N–H and O–H groups in total. The summed E-state index contributed by atoms with van der Waals surface area (Å²) in [5, 5.41) is 4.34. The van der Waals surface area contributed by atoms with Gasteiger partial charge < -0.3 is 9.47 Å². The number of morpholine rings is 1. The maximum Gasteiger partial charge on any atom is 0.358 e. The molecular weight excluding hydrogens is 308 g/mol. The molecule has 24 heavy (non-hydrogen) atoms. The van der Waals surface area contributed by atoms with E-state index in [2.05, 4.69) is 28.7 Å². The summed E-state index contributed by atoms with van der Waals surface area (Å²) in [6.45, 7) is 13.1. The van der Waals surface area contributed by atoms with Crippen LogP contribution >= 0.6 is 0 Å². The molecule has 0 unspecified atom stereocenters. The normalized spacial score (nSPS) is 20.0. The van der Waals surface area contributed by atoms with E-state index in [-0.39, 0.29) is 11.4 Å². The quantitative estimate of drug-likeness (QED) is 0.743. The number of esters is 1. The Balaban J connectivity index is 1.58. The Kier molecular flexibility index (Phi) is 5.22. The Morgan fingerprint density at radius 3 is 2.62 bits per heavy atom. The Hall–Kier alpha value is -1.44. The summed E-state index contributed by atoms with van der Waals surface area (Å²) in [6.07, 6.45) is 0.